The summed E-state index contributed by atoms with van der Waals surface area (Å²) in [6.45, 7) is 5.37. The number of hydrogen-bond acceptors (Lipinski definition) is 3. The first-order valence-electron chi connectivity index (χ1n) is 7.20. The van der Waals surface area contributed by atoms with Crippen molar-refractivity contribution in [1.82, 2.24) is 10.2 Å². The Labute approximate surface area is 119 Å². The SMILES string of the molecule is CC(C)CNC(=O)C1CCCCN1C(=O)c1ccoc1. The zero-order chi connectivity index (χ0) is 14.5. The smallest absolute Gasteiger partial charge is 0.257 e. The van der Waals surface area contributed by atoms with Crippen molar-refractivity contribution in [3.8, 4) is 0 Å². The van der Waals surface area contributed by atoms with Crippen LogP contribution >= 0.6 is 0 Å². The summed E-state index contributed by atoms with van der Waals surface area (Å²) < 4.78 is 4.95. The van der Waals surface area contributed by atoms with Gasteiger partial charge in [-0.15, -0.1) is 0 Å². The molecule has 1 aliphatic heterocycles. The van der Waals surface area contributed by atoms with Crippen molar-refractivity contribution in [2.24, 2.45) is 5.92 Å². The van der Waals surface area contributed by atoms with E-state index in [1.807, 2.05) is 0 Å². The summed E-state index contributed by atoms with van der Waals surface area (Å²) in [7, 11) is 0. The maximum absolute atomic E-state index is 12.4. The van der Waals surface area contributed by atoms with Crippen molar-refractivity contribution in [1.29, 1.82) is 0 Å². The highest BCUT2D eigenvalue weighted by Crippen LogP contribution is 2.20. The molecule has 0 saturated carbocycles. The number of hydrogen-bond donors (Lipinski definition) is 1. The maximum Gasteiger partial charge on any atom is 0.257 e. The first-order chi connectivity index (χ1) is 9.59. The van der Waals surface area contributed by atoms with Crippen LogP contribution in [0.15, 0.2) is 23.0 Å². The van der Waals surface area contributed by atoms with Crippen LogP contribution < -0.4 is 5.32 Å². The monoisotopic (exact) mass is 278 g/mol. The number of carbonyl (C=O) groups is 2. The minimum atomic E-state index is -0.357. The van der Waals surface area contributed by atoms with Gasteiger partial charge in [0.1, 0.15) is 12.3 Å². The first-order valence-corrected chi connectivity index (χ1v) is 7.20. The van der Waals surface area contributed by atoms with Gasteiger partial charge in [0.15, 0.2) is 0 Å². The Morgan fingerprint density at radius 2 is 2.25 bits per heavy atom. The van der Waals surface area contributed by atoms with Gasteiger partial charge in [0.25, 0.3) is 5.91 Å². The fraction of sp³-hybridized carbons (Fsp3) is 0.600. The van der Waals surface area contributed by atoms with Gasteiger partial charge in [-0.25, -0.2) is 0 Å². The minimum Gasteiger partial charge on any atom is -0.472 e. The minimum absolute atomic E-state index is 0.0461. The average Bonchev–Trinajstić information content (AvgIpc) is 2.98. The predicted octanol–water partition coefficient (Wildman–Crippen LogP) is 2.05. The molecule has 2 rings (SSSR count). The fourth-order valence-corrected chi connectivity index (χ4v) is 2.42. The summed E-state index contributed by atoms with van der Waals surface area (Å²) in [5.41, 5.74) is 0.508. The molecule has 0 spiro atoms. The maximum atomic E-state index is 12.4. The van der Waals surface area contributed by atoms with Crippen LogP contribution in [0.5, 0.6) is 0 Å². The topological polar surface area (TPSA) is 62.6 Å². The van der Waals surface area contributed by atoms with E-state index < -0.39 is 0 Å². The van der Waals surface area contributed by atoms with Gasteiger partial charge in [-0.3, -0.25) is 9.59 Å². The molecule has 1 aromatic rings. The van der Waals surface area contributed by atoms with Crippen molar-refractivity contribution in [3.05, 3.63) is 24.2 Å². The molecule has 0 aromatic carbocycles. The number of likely N-dealkylation sites (tertiary alicyclic amines) is 1. The molecule has 1 fully saturated rings. The van der Waals surface area contributed by atoms with E-state index in [2.05, 4.69) is 19.2 Å². The van der Waals surface area contributed by atoms with Crippen molar-refractivity contribution < 1.29 is 14.0 Å². The molecule has 0 aliphatic carbocycles. The van der Waals surface area contributed by atoms with Crippen molar-refractivity contribution in [3.63, 3.8) is 0 Å². The standard InChI is InChI=1S/C15H22N2O3/c1-11(2)9-16-14(18)13-5-3-4-7-17(13)15(19)12-6-8-20-10-12/h6,8,10-11,13H,3-5,7,9H2,1-2H3,(H,16,18). The molecule has 20 heavy (non-hydrogen) atoms. The van der Waals surface area contributed by atoms with E-state index in [-0.39, 0.29) is 17.9 Å². The van der Waals surface area contributed by atoms with Crippen molar-refractivity contribution >= 4 is 11.8 Å². The van der Waals surface area contributed by atoms with Gasteiger partial charge < -0.3 is 14.6 Å². The lowest BCUT2D eigenvalue weighted by Crippen LogP contribution is -2.52. The second kappa shape index (κ2) is 6.59. The van der Waals surface area contributed by atoms with E-state index >= 15 is 0 Å². The molecule has 1 aromatic heterocycles. The molecular weight excluding hydrogens is 256 g/mol. The van der Waals surface area contributed by atoms with E-state index in [9.17, 15) is 9.59 Å². The van der Waals surface area contributed by atoms with Gasteiger partial charge >= 0.3 is 0 Å². The lowest BCUT2D eigenvalue weighted by atomic mass is 10.00. The molecule has 1 aliphatic rings. The van der Waals surface area contributed by atoms with Crippen molar-refractivity contribution in [2.45, 2.75) is 39.2 Å². The highest BCUT2D eigenvalue weighted by molar-refractivity contribution is 5.97. The Balaban J connectivity index is 2.05. The molecule has 2 heterocycles. The Morgan fingerprint density at radius 3 is 2.90 bits per heavy atom. The second-order valence-corrected chi connectivity index (χ2v) is 5.66. The van der Waals surface area contributed by atoms with Crippen LogP contribution in [0.4, 0.5) is 0 Å². The van der Waals surface area contributed by atoms with Crippen LogP contribution in [0, 0.1) is 5.92 Å². The molecule has 5 heteroatoms. The van der Waals surface area contributed by atoms with E-state index in [1.165, 1.54) is 12.5 Å². The van der Waals surface area contributed by atoms with E-state index in [1.54, 1.807) is 11.0 Å². The largest absolute Gasteiger partial charge is 0.472 e. The Kier molecular flexibility index (Phi) is 4.82. The molecule has 110 valence electrons. The molecule has 5 nitrogen and oxygen atoms in total. The van der Waals surface area contributed by atoms with Crippen molar-refractivity contribution in [2.75, 3.05) is 13.1 Å². The lowest BCUT2D eigenvalue weighted by molar-refractivity contribution is -0.126. The van der Waals surface area contributed by atoms with Crippen LogP contribution in [-0.4, -0.2) is 35.8 Å². The third-order valence-corrected chi connectivity index (χ3v) is 3.52. The zero-order valence-electron chi connectivity index (χ0n) is 12.1. The normalized spacial score (nSPS) is 19.1. The third kappa shape index (κ3) is 3.40. The Hall–Kier alpha value is -1.78. The highest BCUT2D eigenvalue weighted by atomic mass is 16.3. The third-order valence-electron chi connectivity index (χ3n) is 3.52. The quantitative estimate of drug-likeness (QED) is 0.916. The molecule has 1 saturated heterocycles. The summed E-state index contributed by atoms with van der Waals surface area (Å²) >= 11 is 0. The van der Waals surface area contributed by atoms with Crippen LogP contribution in [0.1, 0.15) is 43.5 Å². The number of piperidine rings is 1. The second-order valence-electron chi connectivity index (χ2n) is 5.66. The van der Waals surface area contributed by atoms with E-state index in [0.717, 1.165) is 19.3 Å². The molecule has 1 atom stereocenters. The highest BCUT2D eigenvalue weighted by Gasteiger charge is 2.32. The van der Waals surface area contributed by atoms with Crippen LogP contribution in [0.3, 0.4) is 0 Å². The summed E-state index contributed by atoms with van der Waals surface area (Å²) in [4.78, 5) is 26.3. The molecule has 0 bridgehead atoms. The number of rotatable bonds is 4. The van der Waals surface area contributed by atoms with Gasteiger partial charge in [0.05, 0.1) is 11.8 Å². The fourth-order valence-electron chi connectivity index (χ4n) is 2.42. The molecule has 1 unspecified atom stereocenters. The summed E-state index contributed by atoms with van der Waals surface area (Å²) in [6.07, 6.45) is 5.56. The lowest BCUT2D eigenvalue weighted by Gasteiger charge is -2.34. The summed E-state index contributed by atoms with van der Waals surface area (Å²) in [6, 6.07) is 1.28. The molecular formula is C15H22N2O3. The first kappa shape index (κ1) is 14.6. The number of furan rings is 1. The Bertz CT molecular complexity index is 454. The van der Waals surface area contributed by atoms with Gasteiger partial charge in [-0.2, -0.15) is 0 Å². The van der Waals surface area contributed by atoms with Gasteiger partial charge in [-0.05, 0) is 31.2 Å². The van der Waals surface area contributed by atoms with Crippen LogP contribution in [0.2, 0.25) is 0 Å². The predicted molar refractivity (Wildman–Crippen MR) is 75.2 cm³/mol. The number of nitrogens with zero attached hydrogens (tertiary/aromatic N) is 1. The van der Waals surface area contributed by atoms with Gasteiger partial charge in [0, 0.05) is 13.1 Å². The number of nitrogens with one attached hydrogen (secondary N) is 1. The molecule has 1 N–H and O–H groups in total. The van der Waals surface area contributed by atoms with Crippen LogP contribution in [-0.2, 0) is 4.79 Å². The van der Waals surface area contributed by atoms with E-state index in [4.69, 9.17) is 4.42 Å². The summed E-state index contributed by atoms with van der Waals surface area (Å²) in [5.74, 6) is 0.235. The van der Waals surface area contributed by atoms with Gasteiger partial charge in [-0.1, -0.05) is 13.8 Å². The van der Waals surface area contributed by atoms with E-state index in [0.29, 0.717) is 24.6 Å². The van der Waals surface area contributed by atoms with Gasteiger partial charge in [0.2, 0.25) is 5.91 Å². The summed E-state index contributed by atoms with van der Waals surface area (Å²) in [5, 5.41) is 2.93. The molecule has 2 amide bonds. The Morgan fingerprint density at radius 1 is 1.45 bits per heavy atom. The average molecular weight is 278 g/mol. The molecule has 0 radical (unpaired) electrons. The zero-order valence-corrected chi connectivity index (χ0v) is 12.1. The number of carbonyl (C=O) groups excluding carboxylic acids is 2. The number of amides is 2. The van der Waals surface area contributed by atoms with Crippen LogP contribution in [0.25, 0.3) is 0 Å².